The van der Waals surface area contributed by atoms with Crippen molar-refractivity contribution < 1.29 is 28.7 Å². The first-order valence-electron chi connectivity index (χ1n) is 13.6. The van der Waals surface area contributed by atoms with Crippen molar-refractivity contribution in [1.29, 1.82) is 0 Å². The Morgan fingerprint density at radius 2 is 1.62 bits per heavy atom. The fraction of sp³-hybridized carbons (Fsp3) is 0.0909. The van der Waals surface area contributed by atoms with E-state index < -0.39 is 16.5 Å². The standard InChI is InChI=1S/C33H24Br2N4O8/c1-44-27-15-20(16-28(45-2)31(27)46-3)32-37-26-7-5-4-6-24(26)33(41)38(32)36-18-21-14-22(34)17-25(35)30(21)47-29(40)13-10-19-8-11-23(12-9-19)39(42)43/h4-18H,1-3H3/b13-10+,36-18?. The van der Waals surface area contributed by atoms with Gasteiger partial charge in [-0.2, -0.15) is 9.78 Å². The topological polar surface area (TPSA) is 144 Å². The van der Waals surface area contributed by atoms with Crippen LogP contribution in [-0.2, 0) is 4.79 Å². The summed E-state index contributed by atoms with van der Waals surface area (Å²) in [5.74, 6) is 0.668. The summed E-state index contributed by atoms with van der Waals surface area (Å²) in [7, 11) is 4.45. The minimum Gasteiger partial charge on any atom is -0.493 e. The van der Waals surface area contributed by atoms with Crippen molar-refractivity contribution in [3.05, 3.63) is 119 Å². The van der Waals surface area contributed by atoms with Crippen molar-refractivity contribution in [2.24, 2.45) is 5.10 Å². The summed E-state index contributed by atoms with van der Waals surface area (Å²) in [6, 6.07) is 19.2. The van der Waals surface area contributed by atoms with Crippen molar-refractivity contribution in [2.45, 2.75) is 0 Å². The molecule has 5 rings (SSSR count). The Hall–Kier alpha value is -5.34. The van der Waals surface area contributed by atoms with Crippen LogP contribution in [0.25, 0.3) is 28.4 Å². The van der Waals surface area contributed by atoms with Gasteiger partial charge in [0.25, 0.3) is 11.2 Å². The number of rotatable bonds is 10. The number of hydrogen-bond donors (Lipinski definition) is 0. The van der Waals surface area contributed by atoms with E-state index in [0.717, 1.165) is 4.68 Å². The van der Waals surface area contributed by atoms with Gasteiger partial charge >= 0.3 is 5.97 Å². The molecule has 0 N–H and O–H groups in total. The number of carbonyl (C=O) groups excluding carboxylic acids is 1. The Morgan fingerprint density at radius 3 is 2.26 bits per heavy atom. The Bertz CT molecular complexity index is 2100. The lowest BCUT2D eigenvalue weighted by Crippen LogP contribution is -2.20. The molecule has 0 amide bonds. The summed E-state index contributed by atoms with van der Waals surface area (Å²) in [6.45, 7) is 0. The van der Waals surface area contributed by atoms with Crippen molar-refractivity contribution in [2.75, 3.05) is 21.3 Å². The van der Waals surface area contributed by atoms with E-state index in [0.29, 0.717) is 53.8 Å². The molecular formula is C33H24Br2N4O8. The number of non-ortho nitro benzene ring substituents is 1. The second-order valence-corrected chi connectivity index (χ2v) is 11.4. The van der Waals surface area contributed by atoms with Crippen LogP contribution >= 0.6 is 31.9 Å². The van der Waals surface area contributed by atoms with Crippen molar-refractivity contribution >= 4 is 66.7 Å². The van der Waals surface area contributed by atoms with Gasteiger partial charge in [-0.1, -0.05) is 28.1 Å². The molecule has 0 saturated heterocycles. The fourth-order valence-corrected chi connectivity index (χ4v) is 5.88. The minimum atomic E-state index is -0.719. The molecule has 0 bridgehead atoms. The number of nitro benzene ring substituents is 1. The van der Waals surface area contributed by atoms with Crippen LogP contribution in [0.4, 0.5) is 5.69 Å². The number of benzene rings is 4. The number of carbonyl (C=O) groups is 1. The molecule has 4 aromatic carbocycles. The SMILES string of the molecule is COc1cc(-c2nc3ccccc3c(=O)n2N=Cc2cc(Br)cc(Br)c2OC(=O)/C=C/c2ccc([N+](=O)[O-])cc2)cc(OC)c1OC. The largest absolute Gasteiger partial charge is 0.493 e. The number of methoxy groups -OCH3 is 3. The molecule has 0 aliphatic carbocycles. The van der Waals surface area contributed by atoms with Gasteiger partial charge in [0.15, 0.2) is 23.1 Å². The number of aromatic nitrogens is 2. The molecule has 14 heteroatoms. The van der Waals surface area contributed by atoms with E-state index in [4.69, 9.17) is 23.9 Å². The van der Waals surface area contributed by atoms with Gasteiger partial charge in [0, 0.05) is 33.8 Å². The Morgan fingerprint density at radius 1 is 0.936 bits per heavy atom. The number of halogens is 2. The molecule has 0 spiro atoms. The summed E-state index contributed by atoms with van der Waals surface area (Å²) in [6.07, 6.45) is 4.03. The zero-order chi connectivity index (χ0) is 33.7. The van der Waals surface area contributed by atoms with Gasteiger partial charge in [0.2, 0.25) is 5.75 Å². The third kappa shape index (κ3) is 7.23. The first-order valence-corrected chi connectivity index (χ1v) is 15.2. The number of fused-ring (bicyclic) bond motifs is 1. The molecule has 1 aromatic heterocycles. The van der Waals surface area contributed by atoms with E-state index in [1.807, 2.05) is 0 Å². The maximum absolute atomic E-state index is 13.8. The van der Waals surface area contributed by atoms with Gasteiger partial charge in [-0.3, -0.25) is 14.9 Å². The molecule has 5 aromatic rings. The second-order valence-electron chi connectivity index (χ2n) is 9.64. The average Bonchev–Trinajstić information content (AvgIpc) is 3.07. The van der Waals surface area contributed by atoms with Gasteiger partial charge in [0.05, 0.1) is 47.8 Å². The predicted octanol–water partition coefficient (Wildman–Crippen LogP) is 7.02. The van der Waals surface area contributed by atoms with E-state index in [-0.39, 0.29) is 17.3 Å². The molecule has 0 atom stereocenters. The molecule has 0 radical (unpaired) electrons. The van der Waals surface area contributed by atoms with Crippen molar-refractivity contribution in [1.82, 2.24) is 9.66 Å². The fourth-order valence-electron chi connectivity index (χ4n) is 4.54. The summed E-state index contributed by atoms with van der Waals surface area (Å²) in [4.78, 5) is 41.8. The molecule has 238 valence electrons. The molecule has 0 aliphatic heterocycles. The van der Waals surface area contributed by atoms with E-state index in [1.165, 1.54) is 64.0 Å². The molecule has 12 nitrogen and oxygen atoms in total. The van der Waals surface area contributed by atoms with Gasteiger partial charge in [-0.25, -0.2) is 9.78 Å². The lowest BCUT2D eigenvalue weighted by Gasteiger charge is -2.15. The number of hydrogen-bond acceptors (Lipinski definition) is 10. The average molecular weight is 764 g/mol. The molecule has 1 heterocycles. The molecule has 47 heavy (non-hydrogen) atoms. The van der Waals surface area contributed by atoms with E-state index in [9.17, 15) is 19.7 Å². The number of ether oxygens (including phenoxy) is 4. The smallest absolute Gasteiger partial charge is 0.336 e. The van der Waals surface area contributed by atoms with Gasteiger partial charge in [0.1, 0.15) is 0 Å². The van der Waals surface area contributed by atoms with Crippen LogP contribution in [0.1, 0.15) is 11.1 Å². The zero-order valence-electron chi connectivity index (χ0n) is 25.0. The van der Waals surface area contributed by atoms with Crippen LogP contribution in [0, 0.1) is 10.1 Å². The van der Waals surface area contributed by atoms with E-state index in [1.54, 1.807) is 48.5 Å². The van der Waals surface area contributed by atoms with Gasteiger partial charge in [-0.05, 0) is 76.1 Å². The summed E-state index contributed by atoms with van der Waals surface area (Å²) >= 11 is 6.88. The van der Waals surface area contributed by atoms with Crippen LogP contribution in [-0.4, -0.2) is 48.1 Å². The van der Waals surface area contributed by atoms with Crippen LogP contribution in [0.3, 0.4) is 0 Å². The zero-order valence-corrected chi connectivity index (χ0v) is 28.1. The van der Waals surface area contributed by atoms with Crippen LogP contribution in [0.2, 0.25) is 0 Å². The minimum absolute atomic E-state index is 0.0680. The quantitative estimate of drug-likeness (QED) is 0.0366. The lowest BCUT2D eigenvalue weighted by atomic mass is 10.1. The highest BCUT2D eigenvalue weighted by Crippen LogP contribution is 2.41. The predicted molar refractivity (Wildman–Crippen MR) is 184 cm³/mol. The molecule has 0 fully saturated rings. The van der Waals surface area contributed by atoms with E-state index in [2.05, 4.69) is 37.0 Å². The van der Waals surface area contributed by atoms with Crippen molar-refractivity contribution in [3.8, 4) is 34.4 Å². The lowest BCUT2D eigenvalue weighted by molar-refractivity contribution is -0.384. The van der Waals surface area contributed by atoms with Crippen molar-refractivity contribution in [3.63, 3.8) is 0 Å². The molecule has 0 saturated carbocycles. The first-order chi connectivity index (χ1) is 22.6. The van der Waals surface area contributed by atoms with E-state index >= 15 is 0 Å². The maximum Gasteiger partial charge on any atom is 0.336 e. The van der Waals surface area contributed by atoms with Gasteiger partial charge in [-0.15, -0.1) is 0 Å². The van der Waals surface area contributed by atoms with Crippen LogP contribution in [0.5, 0.6) is 23.0 Å². The highest BCUT2D eigenvalue weighted by Gasteiger charge is 2.19. The highest BCUT2D eigenvalue weighted by atomic mass is 79.9. The summed E-state index contributed by atoms with van der Waals surface area (Å²) in [5.41, 5.74) is 1.30. The molecular weight excluding hydrogens is 740 g/mol. The Kier molecular flexibility index (Phi) is 10.1. The molecule has 0 aliphatic rings. The third-order valence-corrected chi connectivity index (χ3v) is 7.79. The highest BCUT2D eigenvalue weighted by molar-refractivity contribution is 9.11. The number of para-hydroxylation sites is 1. The monoisotopic (exact) mass is 762 g/mol. The number of nitrogens with zero attached hydrogens (tertiary/aromatic N) is 4. The normalized spacial score (nSPS) is 11.3. The number of esters is 1. The Balaban J connectivity index is 1.57. The summed E-state index contributed by atoms with van der Waals surface area (Å²) < 4.78 is 24.4. The molecule has 0 unspecified atom stereocenters. The maximum atomic E-state index is 13.8. The number of nitro groups is 1. The van der Waals surface area contributed by atoms with Gasteiger partial charge < -0.3 is 18.9 Å². The second kappa shape index (κ2) is 14.4. The van der Waals surface area contributed by atoms with Crippen LogP contribution < -0.4 is 24.5 Å². The van der Waals surface area contributed by atoms with Crippen LogP contribution in [0.15, 0.2) is 97.7 Å². The first kappa shape index (κ1) is 33.0. The third-order valence-electron chi connectivity index (χ3n) is 6.74. The Labute approximate surface area is 284 Å². The summed E-state index contributed by atoms with van der Waals surface area (Å²) in [5, 5.41) is 15.8.